The molecule has 0 radical (unpaired) electrons. The van der Waals surface area contributed by atoms with E-state index in [-0.39, 0.29) is 0 Å². The Morgan fingerprint density at radius 2 is 1.73 bits per heavy atom. The van der Waals surface area contributed by atoms with E-state index in [4.69, 9.17) is 5.26 Å². The second-order valence-electron chi connectivity index (χ2n) is 9.15. The number of nitriles is 1. The highest BCUT2D eigenvalue weighted by Gasteiger charge is 2.29. The maximum atomic E-state index is 9.07. The van der Waals surface area contributed by atoms with Crippen molar-refractivity contribution in [2.24, 2.45) is 0 Å². The predicted molar refractivity (Wildman–Crippen MR) is 137 cm³/mol. The third kappa shape index (κ3) is 5.38. The van der Waals surface area contributed by atoms with Gasteiger partial charge in [-0.05, 0) is 55.5 Å². The quantitative estimate of drug-likeness (QED) is 0.500. The molecule has 1 aromatic heterocycles. The molecule has 170 valence electrons. The molecular formula is C27H31N5S. The molecule has 33 heavy (non-hydrogen) atoms. The molecule has 2 heterocycles. The second kappa shape index (κ2) is 10.4. The van der Waals surface area contributed by atoms with E-state index >= 15 is 0 Å². The van der Waals surface area contributed by atoms with Crippen LogP contribution in [0.5, 0.6) is 0 Å². The van der Waals surface area contributed by atoms with Gasteiger partial charge in [-0.2, -0.15) is 5.26 Å². The molecule has 3 atom stereocenters. The van der Waals surface area contributed by atoms with Gasteiger partial charge in [0.1, 0.15) is 0 Å². The van der Waals surface area contributed by atoms with Crippen molar-refractivity contribution in [2.75, 3.05) is 23.3 Å². The Morgan fingerprint density at radius 3 is 2.52 bits per heavy atom. The number of hydrogen-bond donors (Lipinski definition) is 2. The first-order chi connectivity index (χ1) is 16.3. The Morgan fingerprint density at radius 1 is 0.939 bits per heavy atom. The summed E-state index contributed by atoms with van der Waals surface area (Å²) in [6.45, 7) is 2.10. The van der Waals surface area contributed by atoms with E-state index in [0.717, 1.165) is 23.8 Å². The number of nitrogens with zero attached hydrogens (tertiary/aromatic N) is 3. The molecular weight excluding hydrogens is 426 g/mol. The molecule has 2 aromatic carbocycles. The van der Waals surface area contributed by atoms with Gasteiger partial charge in [0.05, 0.1) is 16.5 Å². The molecule has 2 fully saturated rings. The van der Waals surface area contributed by atoms with Crippen LogP contribution in [0.15, 0.2) is 60.8 Å². The van der Waals surface area contributed by atoms with Crippen LogP contribution in [0, 0.1) is 11.3 Å². The third-order valence-electron chi connectivity index (χ3n) is 6.87. The molecule has 2 aliphatic rings. The van der Waals surface area contributed by atoms with Crippen molar-refractivity contribution in [1.82, 2.24) is 10.3 Å². The monoisotopic (exact) mass is 457 g/mol. The van der Waals surface area contributed by atoms with Crippen molar-refractivity contribution in [1.29, 1.82) is 5.26 Å². The first-order valence-electron chi connectivity index (χ1n) is 12.1. The van der Waals surface area contributed by atoms with Crippen LogP contribution in [0.4, 0.5) is 10.8 Å². The van der Waals surface area contributed by atoms with Crippen molar-refractivity contribution in [3.05, 3.63) is 66.4 Å². The molecule has 1 saturated heterocycles. The Bertz CT molecular complexity index is 1070. The van der Waals surface area contributed by atoms with E-state index in [0.29, 0.717) is 18.1 Å². The topological polar surface area (TPSA) is 64.0 Å². The molecule has 0 unspecified atom stereocenters. The smallest absolute Gasteiger partial charge is 0.183 e. The Balaban J connectivity index is 1.22. The molecule has 0 spiro atoms. The standard InChI is InChI=1S/C27H31N5S/c28-17-20-12-14-23(15-13-20)32-16-6-9-22(19-32)30-24-10-4-5-11-25(24)31-27-29-18-26(33-27)21-7-2-1-3-8-21/h1-3,7-8,12-15,18,22,24-25,30H,4-6,9-11,16,19H2,(H,29,31)/t22-,24+,25+/m0/s1. The SMILES string of the molecule is N#Cc1ccc(N2CCC[C@H](N[C@@H]3CCCC[C@H]3Nc3ncc(-c4ccccc4)s3)C2)cc1. The van der Waals surface area contributed by atoms with Crippen molar-refractivity contribution < 1.29 is 0 Å². The average Bonchev–Trinajstić information content (AvgIpc) is 3.35. The van der Waals surface area contributed by atoms with Crippen molar-refractivity contribution in [3.8, 4) is 16.5 Å². The van der Waals surface area contributed by atoms with Crippen LogP contribution < -0.4 is 15.5 Å². The Kier molecular flexibility index (Phi) is 6.89. The summed E-state index contributed by atoms with van der Waals surface area (Å²) in [5.74, 6) is 0. The molecule has 0 bridgehead atoms. The fourth-order valence-electron chi connectivity index (χ4n) is 5.14. The molecule has 1 aliphatic carbocycles. The number of anilines is 2. The molecule has 5 rings (SSSR count). The zero-order valence-electron chi connectivity index (χ0n) is 18.9. The van der Waals surface area contributed by atoms with Crippen molar-refractivity contribution in [3.63, 3.8) is 0 Å². The van der Waals surface area contributed by atoms with Gasteiger partial charge in [-0.15, -0.1) is 0 Å². The summed E-state index contributed by atoms with van der Waals surface area (Å²) in [6.07, 6.45) is 9.35. The van der Waals surface area contributed by atoms with Gasteiger partial charge in [0, 0.05) is 43.1 Å². The molecule has 1 aliphatic heterocycles. The fourth-order valence-corrected chi connectivity index (χ4v) is 6.02. The van der Waals surface area contributed by atoms with E-state index in [9.17, 15) is 0 Å². The lowest BCUT2D eigenvalue weighted by Gasteiger charge is -2.40. The second-order valence-corrected chi connectivity index (χ2v) is 10.2. The minimum Gasteiger partial charge on any atom is -0.370 e. The van der Waals surface area contributed by atoms with Gasteiger partial charge < -0.3 is 15.5 Å². The zero-order chi connectivity index (χ0) is 22.5. The number of thiazole rings is 1. The lowest BCUT2D eigenvalue weighted by molar-refractivity contribution is 0.293. The van der Waals surface area contributed by atoms with Crippen LogP contribution in [0.2, 0.25) is 0 Å². The molecule has 5 nitrogen and oxygen atoms in total. The summed E-state index contributed by atoms with van der Waals surface area (Å²) >= 11 is 1.75. The number of hydrogen-bond acceptors (Lipinski definition) is 6. The highest BCUT2D eigenvalue weighted by molar-refractivity contribution is 7.18. The predicted octanol–water partition coefficient (Wildman–Crippen LogP) is 5.66. The van der Waals surface area contributed by atoms with Crippen LogP contribution >= 0.6 is 11.3 Å². The average molecular weight is 458 g/mol. The van der Waals surface area contributed by atoms with Crippen LogP contribution in [-0.2, 0) is 0 Å². The lowest BCUT2D eigenvalue weighted by Crippen LogP contribution is -2.54. The summed E-state index contributed by atoms with van der Waals surface area (Å²) in [7, 11) is 0. The van der Waals surface area contributed by atoms with Gasteiger partial charge in [0.15, 0.2) is 5.13 Å². The zero-order valence-corrected chi connectivity index (χ0v) is 19.7. The molecule has 6 heteroatoms. The van der Waals surface area contributed by atoms with Crippen LogP contribution in [0.3, 0.4) is 0 Å². The fraction of sp³-hybridized carbons (Fsp3) is 0.407. The summed E-state index contributed by atoms with van der Waals surface area (Å²) in [4.78, 5) is 8.35. The van der Waals surface area contributed by atoms with E-state index in [1.54, 1.807) is 11.3 Å². The van der Waals surface area contributed by atoms with Gasteiger partial charge in [-0.3, -0.25) is 0 Å². The van der Waals surface area contributed by atoms with Crippen molar-refractivity contribution in [2.45, 2.75) is 56.7 Å². The number of piperidine rings is 1. The van der Waals surface area contributed by atoms with Crippen LogP contribution in [0.1, 0.15) is 44.1 Å². The minimum absolute atomic E-state index is 0.416. The summed E-state index contributed by atoms with van der Waals surface area (Å²) in [5, 5.41) is 17.9. The maximum Gasteiger partial charge on any atom is 0.183 e. The first kappa shape index (κ1) is 21.9. The summed E-state index contributed by atoms with van der Waals surface area (Å²) < 4.78 is 0. The van der Waals surface area contributed by atoms with E-state index in [2.05, 4.69) is 69.1 Å². The number of rotatable bonds is 6. The minimum atomic E-state index is 0.416. The maximum absolute atomic E-state index is 9.07. The van der Waals surface area contributed by atoms with E-state index in [1.165, 1.54) is 54.7 Å². The molecule has 3 aromatic rings. The summed E-state index contributed by atoms with van der Waals surface area (Å²) in [5.41, 5.74) is 3.17. The van der Waals surface area contributed by atoms with Gasteiger partial charge in [0.25, 0.3) is 0 Å². The Labute approximate surface area is 200 Å². The van der Waals surface area contributed by atoms with Crippen LogP contribution in [0.25, 0.3) is 10.4 Å². The largest absolute Gasteiger partial charge is 0.370 e. The lowest BCUT2D eigenvalue weighted by atomic mass is 9.89. The number of aromatic nitrogens is 1. The highest BCUT2D eigenvalue weighted by Crippen LogP contribution is 2.31. The van der Waals surface area contributed by atoms with Gasteiger partial charge in [-0.1, -0.05) is 54.5 Å². The number of benzene rings is 2. The van der Waals surface area contributed by atoms with Crippen LogP contribution in [-0.4, -0.2) is 36.2 Å². The number of nitrogens with one attached hydrogen (secondary N) is 2. The molecule has 0 amide bonds. The van der Waals surface area contributed by atoms with Gasteiger partial charge >= 0.3 is 0 Å². The Hall–Kier alpha value is -2.88. The normalized spacial score (nSPS) is 23.1. The van der Waals surface area contributed by atoms with E-state index in [1.807, 2.05) is 18.3 Å². The van der Waals surface area contributed by atoms with Crippen molar-refractivity contribution >= 4 is 22.2 Å². The van der Waals surface area contributed by atoms with E-state index < -0.39 is 0 Å². The molecule has 1 saturated carbocycles. The van der Waals surface area contributed by atoms with Gasteiger partial charge in [0.2, 0.25) is 0 Å². The third-order valence-corrected chi connectivity index (χ3v) is 7.85. The summed E-state index contributed by atoms with van der Waals surface area (Å²) in [6, 6.07) is 22.1. The first-order valence-corrected chi connectivity index (χ1v) is 12.9. The van der Waals surface area contributed by atoms with Gasteiger partial charge in [-0.25, -0.2) is 4.98 Å². The highest BCUT2D eigenvalue weighted by atomic mass is 32.1. The molecule has 2 N–H and O–H groups in total.